The second kappa shape index (κ2) is 14.3. The second-order valence-corrected chi connectivity index (χ2v) is 6.62. The average Bonchev–Trinajstić information content (AvgIpc) is 2.51. The lowest BCUT2D eigenvalue weighted by atomic mass is 10.2. The highest BCUT2D eigenvalue weighted by atomic mass is 79.9. The van der Waals surface area contributed by atoms with Crippen molar-refractivity contribution in [2.75, 3.05) is 18.5 Å². The zero-order chi connectivity index (χ0) is 17.7. The van der Waals surface area contributed by atoms with Crippen LogP contribution in [0.1, 0.15) is 40.0 Å². The molecule has 6 heteroatoms. The van der Waals surface area contributed by atoms with E-state index in [1.807, 2.05) is 13.8 Å². The van der Waals surface area contributed by atoms with Crippen molar-refractivity contribution in [3.05, 3.63) is 33.3 Å². The van der Waals surface area contributed by atoms with E-state index in [1.54, 1.807) is 25.1 Å². The Morgan fingerprint density at radius 1 is 1.09 bits per heavy atom. The summed E-state index contributed by atoms with van der Waals surface area (Å²) in [7, 11) is 0. The van der Waals surface area contributed by atoms with E-state index in [4.69, 9.17) is 44.3 Å². The summed E-state index contributed by atoms with van der Waals surface area (Å²) in [6, 6.07) is 3.39. The standard InChI is InChI=1S/C15H18BrCl3O2.C2H6/c1-11(17)5-8-20-12-9-13(18)15(14(19)10-12)21-7-4-2-3-6-16;1-2/h5,9-10H,2-4,6-8H2,1H3;1-2H3/b11-5-;. The zero-order valence-electron chi connectivity index (χ0n) is 13.8. The lowest BCUT2D eigenvalue weighted by Crippen LogP contribution is -2.00. The van der Waals surface area contributed by atoms with Gasteiger partial charge in [0.25, 0.3) is 0 Å². The van der Waals surface area contributed by atoms with E-state index in [9.17, 15) is 0 Å². The Morgan fingerprint density at radius 3 is 2.22 bits per heavy atom. The van der Waals surface area contributed by atoms with Gasteiger partial charge in [0.15, 0.2) is 5.75 Å². The number of hydrogen-bond acceptors (Lipinski definition) is 2. The van der Waals surface area contributed by atoms with Crippen LogP contribution in [0.15, 0.2) is 23.2 Å². The van der Waals surface area contributed by atoms with E-state index in [2.05, 4.69) is 15.9 Å². The molecule has 0 aliphatic rings. The van der Waals surface area contributed by atoms with E-state index < -0.39 is 0 Å². The molecule has 0 radical (unpaired) electrons. The summed E-state index contributed by atoms with van der Waals surface area (Å²) in [5, 5.41) is 2.58. The molecule has 0 aliphatic carbocycles. The highest BCUT2D eigenvalue weighted by Gasteiger charge is 2.10. The maximum Gasteiger partial charge on any atom is 0.156 e. The Bertz CT molecular complexity index is 452. The molecule has 132 valence electrons. The first-order valence-corrected chi connectivity index (χ1v) is 9.93. The van der Waals surface area contributed by atoms with Gasteiger partial charge in [-0.2, -0.15) is 0 Å². The number of halogens is 4. The molecule has 1 rings (SSSR count). The number of alkyl halides is 1. The van der Waals surface area contributed by atoms with Crippen molar-refractivity contribution in [1.29, 1.82) is 0 Å². The van der Waals surface area contributed by atoms with E-state index in [-0.39, 0.29) is 0 Å². The molecular weight excluding hydrogens is 422 g/mol. The van der Waals surface area contributed by atoms with Gasteiger partial charge in [-0.3, -0.25) is 0 Å². The van der Waals surface area contributed by atoms with Crippen molar-refractivity contribution in [2.24, 2.45) is 0 Å². The van der Waals surface area contributed by atoms with Gasteiger partial charge in [0.2, 0.25) is 0 Å². The molecule has 0 bridgehead atoms. The monoisotopic (exact) mass is 444 g/mol. The summed E-state index contributed by atoms with van der Waals surface area (Å²) in [4.78, 5) is 0. The van der Waals surface area contributed by atoms with Crippen LogP contribution in [0.2, 0.25) is 10.0 Å². The first-order valence-electron chi connectivity index (χ1n) is 7.67. The van der Waals surface area contributed by atoms with E-state index in [0.29, 0.717) is 39.8 Å². The summed E-state index contributed by atoms with van der Waals surface area (Å²) < 4.78 is 11.1. The summed E-state index contributed by atoms with van der Waals surface area (Å²) >= 11 is 21.5. The van der Waals surface area contributed by atoms with Crippen molar-refractivity contribution in [3.63, 3.8) is 0 Å². The number of allylic oxidation sites excluding steroid dienone is 1. The molecular formula is C17H24BrCl3O2. The number of ether oxygens (including phenoxy) is 2. The lowest BCUT2D eigenvalue weighted by Gasteiger charge is -2.12. The molecule has 0 fully saturated rings. The summed E-state index contributed by atoms with van der Waals surface area (Å²) in [6.07, 6.45) is 4.96. The minimum absolute atomic E-state index is 0.370. The topological polar surface area (TPSA) is 18.5 Å². The van der Waals surface area contributed by atoms with Gasteiger partial charge < -0.3 is 9.47 Å². The molecule has 0 heterocycles. The van der Waals surface area contributed by atoms with Crippen molar-refractivity contribution < 1.29 is 9.47 Å². The number of benzene rings is 1. The highest BCUT2D eigenvalue weighted by Crippen LogP contribution is 2.37. The van der Waals surface area contributed by atoms with Crippen molar-refractivity contribution in [2.45, 2.75) is 40.0 Å². The smallest absolute Gasteiger partial charge is 0.156 e. The van der Waals surface area contributed by atoms with Crippen LogP contribution >= 0.6 is 50.7 Å². The van der Waals surface area contributed by atoms with Crippen LogP contribution in [0.5, 0.6) is 11.5 Å². The van der Waals surface area contributed by atoms with E-state index in [1.165, 1.54) is 0 Å². The molecule has 0 aliphatic heterocycles. The first kappa shape index (κ1) is 22.9. The summed E-state index contributed by atoms with van der Waals surface area (Å²) in [6.45, 7) is 6.76. The maximum absolute atomic E-state index is 6.18. The molecule has 0 aromatic heterocycles. The Morgan fingerprint density at radius 2 is 1.70 bits per heavy atom. The molecule has 0 amide bonds. The lowest BCUT2D eigenvalue weighted by molar-refractivity contribution is 0.305. The molecule has 0 atom stereocenters. The van der Waals surface area contributed by atoms with Crippen LogP contribution in [0.4, 0.5) is 0 Å². The van der Waals surface area contributed by atoms with Gasteiger partial charge >= 0.3 is 0 Å². The SMILES string of the molecule is C/C(Cl)=C/COc1cc(Cl)c(OCCCCCBr)c(Cl)c1.CC. The van der Waals surface area contributed by atoms with Crippen LogP contribution in [0, 0.1) is 0 Å². The number of hydrogen-bond donors (Lipinski definition) is 0. The van der Waals surface area contributed by atoms with Gasteiger partial charge in [0.05, 0.1) is 16.7 Å². The van der Waals surface area contributed by atoms with Gasteiger partial charge in [-0.1, -0.05) is 64.6 Å². The third kappa shape index (κ3) is 10.4. The molecule has 0 unspecified atom stereocenters. The van der Waals surface area contributed by atoms with Crippen LogP contribution in [0.3, 0.4) is 0 Å². The van der Waals surface area contributed by atoms with Crippen molar-refractivity contribution >= 4 is 50.7 Å². The first-order chi connectivity index (χ1) is 11.0. The quantitative estimate of drug-likeness (QED) is 0.289. The fraction of sp³-hybridized carbons (Fsp3) is 0.529. The van der Waals surface area contributed by atoms with Gasteiger partial charge in [-0.25, -0.2) is 0 Å². The molecule has 0 saturated carbocycles. The van der Waals surface area contributed by atoms with E-state index in [0.717, 1.165) is 24.6 Å². The van der Waals surface area contributed by atoms with Gasteiger partial charge in [0, 0.05) is 22.5 Å². The average molecular weight is 447 g/mol. The van der Waals surface area contributed by atoms with Crippen LogP contribution in [-0.4, -0.2) is 18.5 Å². The molecule has 2 nitrogen and oxygen atoms in total. The highest BCUT2D eigenvalue weighted by molar-refractivity contribution is 9.09. The van der Waals surface area contributed by atoms with Crippen LogP contribution in [-0.2, 0) is 0 Å². The van der Waals surface area contributed by atoms with E-state index >= 15 is 0 Å². The van der Waals surface area contributed by atoms with Gasteiger partial charge in [-0.15, -0.1) is 0 Å². The number of unbranched alkanes of at least 4 members (excludes halogenated alkanes) is 2. The van der Waals surface area contributed by atoms with Crippen LogP contribution in [0.25, 0.3) is 0 Å². The normalized spacial score (nSPS) is 10.8. The fourth-order valence-corrected chi connectivity index (χ4v) is 2.59. The third-order valence-electron chi connectivity index (χ3n) is 2.61. The Labute approximate surface area is 163 Å². The molecule has 0 saturated heterocycles. The maximum atomic E-state index is 6.18. The molecule has 23 heavy (non-hydrogen) atoms. The van der Waals surface area contributed by atoms with Crippen LogP contribution < -0.4 is 9.47 Å². The zero-order valence-corrected chi connectivity index (χ0v) is 17.7. The second-order valence-electron chi connectivity index (χ2n) is 4.42. The third-order valence-corrected chi connectivity index (χ3v) is 3.89. The fourth-order valence-electron chi connectivity index (χ4n) is 1.56. The predicted octanol–water partition coefficient (Wildman–Crippen LogP) is 7.49. The Kier molecular flexibility index (Phi) is 14.2. The molecule has 0 spiro atoms. The molecule has 1 aromatic rings. The largest absolute Gasteiger partial charge is 0.490 e. The Hall–Kier alpha value is -0.0900. The molecule has 0 N–H and O–H groups in total. The molecule has 1 aromatic carbocycles. The Balaban J connectivity index is 0.00000232. The predicted molar refractivity (Wildman–Crippen MR) is 106 cm³/mol. The van der Waals surface area contributed by atoms with Gasteiger partial charge in [0.1, 0.15) is 12.4 Å². The summed E-state index contributed by atoms with van der Waals surface area (Å²) in [5.41, 5.74) is 0. The van der Waals surface area contributed by atoms with Crippen molar-refractivity contribution in [3.8, 4) is 11.5 Å². The minimum Gasteiger partial charge on any atom is -0.490 e. The van der Waals surface area contributed by atoms with Crippen molar-refractivity contribution in [1.82, 2.24) is 0 Å². The summed E-state index contributed by atoms with van der Waals surface area (Å²) in [5.74, 6) is 1.10. The minimum atomic E-state index is 0.370. The number of rotatable bonds is 9. The van der Waals surface area contributed by atoms with Gasteiger partial charge in [-0.05, 0) is 32.3 Å².